The molecule has 0 saturated heterocycles. The van der Waals surface area contributed by atoms with E-state index < -0.39 is 5.82 Å². The fourth-order valence-electron chi connectivity index (χ4n) is 0.646. The van der Waals surface area contributed by atoms with Gasteiger partial charge in [0.2, 0.25) is 0 Å². The lowest BCUT2D eigenvalue weighted by Crippen LogP contribution is -1.81. The fraction of sp³-hybridized carbons (Fsp3) is 0. The minimum atomic E-state index is -0.407. The summed E-state index contributed by atoms with van der Waals surface area (Å²) in [6, 6.07) is 2.62. The van der Waals surface area contributed by atoms with Gasteiger partial charge in [0.05, 0.1) is 10.0 Å². The molecule has 0 N–H and O–H groups in total. The van der Waals surface area contributed by atoms with Crippen LogP contribution in [0.5, 0.6) is 0 Å². The first-order valence-electron chi connectivity index (χ1n) is 2.90. The number of thioether (sulfide) groups is 1. The molecule has 0 aromatic heterocycles. The van der Waals surface area contributed by atoms with Crippen LogP contribution in [0.15, 0.2) is 17.0 Å². The first-order chi connectivity index (χ1) is 5.65. The van der Waals surface area contributed by atoms with E-state index in [2.05, 4.69) is 12.2 Å². The van der Waals surface area contributed by atoms with Crippen molar-refractivity contribution in [1.29, 1.82) is 0 Å². The molecule has 12 heavy (non-hydrogen) atoms. The number of benzene rings is 1. The number of rotatable bonds is 2. The molecule has 0 bridgehead atoms. The third-order valence-electron chi connectivity index (χ3n) is 1.15. The van der Waals surface area contributed by atoms with E-state index in [1.54, 1.807) is 0 Å². The topological polar surface area (TPSA) is 0 Å². The van der Waals surface area contributed by atoms with Crippen molar-refractivity contribution in [2.24, 2.45) is 0 Å². The number of hydrogen-bond acceptors (Lipinski definition) is 2. The van der Waals surface area contributed by atoms with Crippen LogP contribution < -0.4 is 0 Å². The molecule has 0 unspecified atom stereocenters. The van der Waals surface area contributed by atoms with Crippen molar-refractivity contribution in [3.63, 3.8) is 0 Å². The molecule has 0 nitrogen and oxygen atoms in total. The lowest BCUT2D eigenvalue weighted by atomic mass is 10.3. The Hall–Kier alpha value is 0.170. The van der Waals surface area contributed by atoms with Crippen molar-refractivity contribution in [3.05, 3.63) is 28.0 Å². The van der Waals surface area contributed by atoms with Gasteiger partial charge in [0.1, 0.15) is 5.82 Å². The van der Waals surface area contributed by atoms with E-state index in [1.165, 1.54) is 16.8 Å². The third-order valence-corrected chi connectivity index (χ3v) is 2.82. The third kappa shape index (κ3) is 2.33. The fourth-order valence-corrected chi connectivity index (χ4v) is 1.80. The Morgan fingerprint density at radius 2 is 1.92 bits per heavy atom. The maximum Gasteiger partial charge on any atom is 0.138 e. The van der Waals surface area contributed by atoms with Crippen LogP contribution in [0, 0.1) is 5.82 Å². The second-order valence-electron chi connectivity index (χ2n) is 1.91. The van der Waals surface area contributed by atoms with Gasteiger partial charge in [0.15, 0.2) is 0 Å². The van der Waals surface area contributed by atoms with Crippen molar-refractivity contribution in [1.82, 2.24) is 0 Å². The van der Waals surface area contributed by atoms with Crippen LogP contribution >= 0.6 is 47.2 Å². The van der Waals surface area contributed by atoms with Crippen LogP contribution in [0.2, 0.25) is 10.0 Å². The predicted octanol–water partition coefficient (Wildman–Crippen LogP) is 4.18. The quantitative estimate of drug-likeness (QED) is 0.432. The molecule has 1 aromatic rings. The Morgan fingerprint density at radius 3 is 2.50 bits per heavy atom. The van der Waals surface area contributed by atoms with E-state index in [1.807, 2.05) is 0 Å². The van der Waals surface area contributed by atoms with E-state index >= 15 is 0 Å². The van der Waals surface area contributed by atoms with E-state index in [0.29, 0.717) is 9.92 Å². The van der Waals surface area contributed by atoms with E-state index in [9.17, 15) is 4.39 Å². The van der Waals surface area contributed by atoms with Gasteiger partial charge in [-0.25, -0.2) is 4.39 Å². The van der Waals surface area contributed by atoms with Gasteiger partial charge in [-0.05, 0) is 12.1 Å². The van der Waals surface area contributed by atoms with Gasteiger partial charge in [-0.2, -0.15) is 0 Å². The normalized spacial score (nSPS) is 9.92. The summed E-state index contributed by atoms with van der Waals surface area (Å²) < 4.78 is 14.4. The summed E-state index contributed by atoms with van der Waals surface area (Å²) in [6.45, 7) is 0. The summed E-state index contributed by atoms with van der Waals surface area (Å²) in [7, 11) is 0. The van der Waals surface area contributed by atoms with Crippen molar-refractivity contribution < 1.29 is 4.39 Å². The standard InChI is InChI=1S/C7H3Cl2FS2/c8-4-1-6(10)7(12-3-11)2-5(4)9/h1-3H. The lowest BCUT2D eigenvalue weighted by Gasteiger charge is -2.00. The number of hydrogen-bond donors (Lipinski definition) is 0. The molecule has 0 fully saturated rings. The smallest absolute Gasteiger partial charge is 0.138 e. The first-order valence-corrected chi connectivity index (χ1v) is 5.00. The largest absolute Gasteiger partial charge is 0.206 e. The summed E-state index contributed by atoms with van der Waals surface area (Å²) in [6.07, 6.45) is 0. The maximum atomic E-state index is 13.0. The zero-order valence-corrected chi connectivity index (χ0v) is 8.83. The van der Waals surface area contributed by atoms with Gasteiger partial charge in [-0.15, -0.1) is 0 Å². The first kappa shape index (κ1) is 10.3. The van der Waals surface area contributed by atoms with Crippen LogP contribution in [-0.2, 0) is 0 Å². The highest BCUT2D eigenvalue weighted by Crippen LogP contribution is 2.29. The van der Waals surface area contributed by atoms with E-state index in [4.69, 9.17) is 23.2 Å². The molecule has 0 radical (unpaired) electrons. The zero-order valence-electron chi connectivity index (χ0n) is 5.68. The van der Waals surface area contributed by atoms with Gasteiger partial charge in [-0.1, -0.05) is 47.2 Å². The Bertz CT molecular complexity index is 315. The molecule has 0 aliphatic carbocycles. The van der Waals surface area contributed by atoms with Gasteiger partial charge >= 0.3 is 0 Å². The molecule has 1 rings (SSSR count). The maximum absolute atomic E-state index is 13.0. The average molecular weight is 241 g/mol. The van der Waals surface area contributed by atoms with E-state index in [0.717, 1.165) is 11.8 Å². The van der Waals surface area contributed by atoms with Gasteiger partial charge in [-0.3, -0.25) is 0 Å². The van der Waals surface area contributed by atoms with Crippen molar-refractivity contribution in [2.45, 2.75) is 4.90 Å². The Morgan fingerprint density at radius 1 is 1.33 bits per heavy atom. The second-order valence-corrected chi connectivity index (χ2v) is 4.17. The highest BCUT2D eigenvalue weighted by molar-refractivity contribution is 8.20. The molecule has 0 aliphatic heterocycles. The molecule has 0 heterocycles. The summed E-state index contributed by atoms with van der Waals surface area (Å²) in [5.74, 6) is -0.407. The van der Waals surface area contributed by atoms with Crippen LogP contribution in [-0.4, -0.2) is 4.70 Å². The van der Waals surface area contributed by atoms with Crippen LogP contribution in [0.4, 0.5) is 4.39 Å². The zero-order chi connectivity index (χ0) is 9.14. The van der Waals surface area contributed by atoms with Crippen molar-refractivity contribution >= 4 is 51.9 Å². The molecule has 0 aliphatic rings. The number of halogens is 3. The molecule has 0 atom stereocenters. The Labute approximate surface area is 89.1 Å². The Balaban J connectivity index is 3.13. The van der Waals surface area contributed by atoms with Gasteiger partial charge in [0.25, 0.3) is 0 Å². The van der Waals surface area contributed by atoms with Crippen LogP contribution in [0.25, 0.3) is 0 Å². The highest BCUT2D eigenvalue weighted by atomic mass is 35.5. The van der Waals surface area contributed by atoms with Crippen LogP contribution in [0.1, 0.15) is 0 Å². The molecule has 0 amide bonds. The predicted molar refractivity (Wildman–Crippen MR) is 55.9 cm³/mol. The van der Waals surface area contributed by atoms with Crippen LogP contribution in [0.3, 0.4) is 0 Å². The molecule has 1 aromatic carbocycles. The summed E-state index contributed by atoms with van der Waals surface area (Å²) in [4.78, 5) is 0.388. The molecular formula is C7H3Cl2FS2. The Kier molecular flexibility index (Phi) is 3.77. The SMILES string of the molecule is Fc1cc(Cl)c(Cl)cc1SC=S. The molecule has 64 valence electrons. The van der Waals surface area contributed by atoms with Crippen molar-refractivity contribution in [3.8, 4) is 0 Å². The second kappa shape index (κ2) is 4.42. The molecule has 0 saturated carbocycles. The van der Waals surface area contributed by atoms with E-state index in [-0.39, 0.29) is 5.02 Å². The lowest BCUT2D eigenvalue weighted by molar-refractivity contribution is 0.602. The number of thiocarbonyl (C=S) groups is 1. The summed E-state index contributed by atoms with van der Waals surface area (Å²) in [5, 5.41) is 0.542. The minimum absolute atomic E-state index is 0.211. The van der Waals surface area contributed by atoms with Gasteiger partial charge < -0.3 is 0 Å². The minimum Gasteiger partial charge on any atom is -0.206 e. The molecular weight excluding hydrogens is 238 g/mol. The molecule has 5 heteroatoms. The summed E-state index contributed by atoms with van der Waals surface area (Å²) >= 11 is 16.9. The molecule has 0 spiro atoms. The highest BCUT2D eigenvalue weighted by Gasteiger charge is 2.06. The van der Waals surface area contributed by atoms with Gasteiger partial charge in [0, 0.05) is 9.59 Å². The summed E-state index contributed by atoms with van der Waals surface area (Å²) in [5.41, 5.74) is 0. The average Bonchev–Trinajstić information content (AvgIpc) is 2.01. The van der Waals surface area contributed by atoms with Crippen molar-refractivity contribution in [2.75, 3.05) is 0 Å². The monoisotopic (exact) mass is 240 g/mol.